The number of nitrogens with zero attached hydrogens (tertiary/aromatic N) is 1. The quantitative estimate of drug-likeness (QED) is 0.448. The predicted molar refractivity (Wildman–Crippen MR) is 105 cm³/mol. The van der Waals surface area contributed by atoms with Gasteiger partial charge in [0.05, 0.1) is 31.6 Å². The van der Waals surface area contributed by atoms with E-state index in [9.17, 15) is 18.0 Å². The van der Waals surface area contributed by atoms with Crippen LogP contribution in [0.1, 0.15) is 43.2 Å². The minimum Gasteiger partial charge on any atom is -0.465 e. The molecular formula is C22H26F3NO5. The number of carbonyl (C=O) groups is 1. The minimum absolute atomic E-state index is 0.193. The molecule has 1 aliphatic heterocycles. The van der Waals surface area contributed by atoms with Crippen LogP contribution in [0.5, 0.6) is 0 Å². The second-order valence-corrected chi connectivity index (χ2v) is 7.77. The van der Waals surface area contributed by atoms with Crippen LogP contribution in [0.15, 0.2) is 28.7 Å². The molecule has 0 amide bonds. The van der Waals surface area contributed by atoms with Crippen molar-refractivity contribution >= 4 is 5.97 Å². The second-order valence-electron chi connectivity index (χ2n) is 7.77. The van der Waals surface area contributed by atoms with Gasteiger partial charge in [-0.05, 0) is 50.5 Å². The summed E-state index contributed by atoms with van der Waals surface area (Å²) in [6, 6.07) is 4.77. The Kier molecular flexibility index (Phi) is 7.06. The highest BCUT2D eigenvalue weighted by Crippen LogP contribution is 2.31. The maximum atomic E-state index is 12.7. The lowest BCUT2D eigenvalue weighted by atomic mass is 10.0. The SMILES string of the molecule is COC(=O)C1(C)OCC(CCCCc2nc(-c3ccc(C(F)(F)F)cc3)oc2C)CO1. The average molecular weight is 441 g/mol. The van der Waals surface area contributed by atoms with Crippen LogP contribution in [0, 0.1) is 12.8 Å². The number of alkyl halides is 3. The summed E-state index contributed by atoms with van der Waals surface area (Å²) in [5.74, 6) is -0.710. The normalized spacial score (nSPS) is 21.8. The zero-order chi connectivity index (χ0) is 22.6. The highest BCUT2D eigenvalue weighted by molar-refractivity contribution is 5.77. The Morgan fingerprint density at radius 2 is 1.84 bits per heavy atom. The van der Waals surface area contributed by atoms with Crippen LogP contribution in [-0.2, 0) is 31.6 Å². The van der Waals surface area contributed by atoms with Crippen molar-refractivity contribution in [2.45, 2.75) is 51.5 Å². The van der Waals surface area contributed by atoms with Crippen molar-refractivity contribution < 1.29 is 36.6 Å². The van der Waals surface area contributed by atoms with Crippen molar-refractivity contribution in [1.29, 1.82) is 0 Å². The maximum absolute atomic E-state index is 12.7. The molecule has 9 heteroatoms. The van der Waals surface area contributed by atoms with Crippen molar-refractivity contribution in [3.8, 4) is 11.5 Å². The van der Waals surface area contributed by atoms with Crippen LogP contribution in [-0.4, -0.2) is 37.1 Å². The largest absolute Gasteiger partial charge is 0.465 e. The molecule has 0 atom stereocenters. The monoisotopic (exact) mass is 441 g/mol. The molecule has 1 aromatic heterocycles. The van der Waals surface area contributed by atoms with Gasteiger partial charge in [-0.2, -0.15) is 13.2 Å². The lowest BCUT2D eigenvalue weighted by molar-refractivity contribution is -0.272. The summed E-state index contributed by atoms with van der Waals surface area (Å²) in [7, 11) is 1.29. The van der Waals surface area contributed by atoms with Gasteiger partial charge in [-0.15, -0.1) is 0 Å². The van der Waals surface area contributed by atoms with Crippen molar-refractivity contribution in [3.05, 3.63) is 41.3 Å². The molecule has 1 saturated heterocycles. The van der Waals surface area contributed by atoms with Gasteiger partial charge >= 0.3 is 12.1 Å². The average Bonchev–Trinajstić information content (AvgIpc) is 3.12. The van der Waals surface area contributed by atoms with E-state index >= 15 is 0 Å². The van der Waals surface area contributed by atoms with E-state index < -0.39 is 23.5 Å². The first-order valence-electron chi connectivity index (χ1n) is 10.1. The van der Waals surface area contributed by atoms with Crippen LogP contribution in [0.2, 0.25) is 0 Å². The number of hydrogen-bond donors (Lipinski definition) is 0. The summed E-state index contributed by atoms with van der Waals surface area (Å²) in [5.41, 5.74) is 0.596. The number of methoxy groups -OCH3 is 1. The molecule has 31 heavy (non-hydrogen) atoms. The summed E-state index contributed by atoms with van der Waals surface area (Å²) >= 11 is 0. The molecule has 1 aliphatic rings. The fourth-order valence-corrected chi connectivity index (χ4v) is 3.42. The highest BCUT2D eigenvalue weighted by Gasteiger charge is 2.41. The molecule has 6 nitrogen and oxygen atoms in total. The zero-order valence-electron chi connectivity index (χ0n) is 17.8. The van der Waals surface area contributed by atoms with Crippen molar-refractivity contribution in [3.63, 3.8) is 0 Å². The molecule has 2 aromatic rings. The molecule has 3 rings (SSSR count). The third kappa shape index (κ3) is 5.65. The number of oxazole rings is 1. The third-order valence-corrected chi connectivity index (χ3v) is 5.37. The van der Waals surface area contributed by atoms with Crippen LogP contribution in [0.3, 0.4) is 0 Å². The lowest BCUT2D eigenvalue weighted by Crippen LogP contribution is -2.48. The molecule has 0 spiro atoms. The van der Waals surface area contributed by atoms with Crippen LogP contribution < -0.4 is 0 Å². The number of carbonyl (C=O) groups excluding carboxylic acids is 1. The van der Waals surface area contributed by atoms with Gasteiger partial charge in [-0.1, -0.05) is 6.42 Å². The van der Waals surface area contributed by atoms with Gasteiger partial charge in [-0.25, -0.2) is 9.78 Å². The Bertz CT molecular complexity index is 884. The van der Waals surface area contributed by atoms with E-state index in [1.807, 2.05) is 0 Å². The molecule has 170 valence electrons. The first-order valence-corrected chi connectivity index (χ1v) is 10.1. The number of unbranched alkanes of at least 4 members (excludes halogenated alkanes) is 1. The van der Waals surface area contributed by atoms with E-state index in [-0.39, 0.29) is 5.92 Å². The summed E-state index contributed by atoms with van der Waals surface area (Å²) in [5, 5.41) is 0. The second kappa shape index (κ2) is 9.40. The Morgan fingerprint density at radius 1 is 1.19 bits per heavy atom. The van der Waals surface area contributed by atoms with E-state index in [2.05, 4.69) is 9.72 Å². The number of halogens is 3. The molecule has 1 fully saturated rings. The van der Waals surface area contributed by atoms with E-state index in [1.165, 1.54) is 19.2 Å². The van der Waals surface area contributed by atoms with E-state index in [1.54, 1.807) is 13.8 Å². The third-order valence-electron chi connectivity index (χ3n) is 5.37. The number of benzene rings is 1. The Hall–Kier alpha value is -2.39. The molecule has 2 heterocycles. The first kappa shape index (κ1) is 23.3. The van der Waals surface area contributed by atoms with Crippen LogP contribution in [0.25, 0.3) is 11.5 Å². The Balaban J connectivity index is 1.47. The Morgan fingerprint density at radius 3 is 2.42 bits per heavy atom. The predicted octanol–water partition coefficient (Wildman–Crippen LogP) is 4.93. The lowest BCUT2D eigenvalue weighted by Gasteiger charge is -2.35. The molecule has 0 radical (unpaired) electrons. The van der Waals surface area contributed by atoms with Gasteiger partial charge in [0.2, 0.25) is 5.89 Å². The topological polar surface area (TPSA) is 70.8 Å². The zero-order valence-corrected chi connectivity index (χ0v) is 17.8. The maximum Gasteiger partial charge on any atom is 0.416 e. The highest BCUT2D eigenvalue weighted by atomic mass is 19.4. The number of rotatable bonds is 7. The smallest absolute Gasteiger partial charge is 0.416 e. The molecular weight excluding hydrogens is 415 g/mol. The van der Waals surface area contributed by atoms with Crippen molar-refractivity contribution in [1.82, 2.24) is 4.98 Å². The fraction of sp³-hybridized carbons (Fsp3) is 0.545. The molecule has 0 aliphatic carbocycles. The number of esters is 1. The number of hydrogen-bond acceptors (Lipinski definition) is 6. The van der Waals surface area contributed by atoms with Gasteiger partial charge in [0, 0.05) is 18.4 Å². The van der Waals surface area contributed by atoms with Gasteiger partial charge in [-0.3, -0.25) is 0 Å². The number of aromatic nitrogens is 1. The molecule has 0 bridgehead atoms. The summed E-state index contributed by atoms with van der Waals surface area (Å²) in [6.45, 7) is 4.20. The number of aryl methyl sites for hydroxylation is 2. The van der Waals surface area contributed by atoms with E-state index in [0.717, 1.165) is 37.1 Å². The molecule has 0 saturated carbocycles. The summed E-state index contributed by atoms with van der Waals surface area (Å²) in [4.78, 5) is 16.1. The molecule has 0 N–H and O–H groups in total. The molecule has 0 unspecified atom stereocenters. The van der Waals surface area contributed by atoms with Gasteiger partial charge in [0.1, 0.15) is 5.76 Å². The fourth-order valence-electron chi connectivity index (χ4n) is 3.42. The van der Waals surface area contributed by atoms with E-state index in [4.69, 9.17) is 13.9 Å². The minimum atomic E-state index is -4.37. The standard InChI is InChI=1S/C22H26F3NO5/c1-14-18(26-19(31-14)16-8-10-17(11-9-16)22(23,24)25)7-5-4-6-15-12-29-21(2,30-13-15)20(27)28-3/h8-11,15H,4-7,12-13H2,1-3H3. The van der Waals surface area contributed by atoms with Gasteiger partial charge in [0.15, 0.2) is 0 Å². The van der Waals surface area contributed by atoms with Crippen LogP contribution in [0.4, 0.5) is 13.2 Å². The van der Waals surface area contributed by atoms with Crippen molar-refractivity contribution in [2.24, 2.45) is 5.92 Å². The summed E-state index contributed by atoms with van der Waals surface area (Å²) in [6.07, 6.45) is -1.02. The first-order chi connectivity index (χ1) is 14.6. The Labute approximate surface area is 178 Å². The summed E-state index contributed by atoms with van der Waals surface area (Å²) < 4.78 is 59.6. The number of ether oxygens (including phenoxy) is 3. The van der Waals surface area contributed by atoms with Gasteiger partial charge < -0.3 is 18.6 Å². The van der Waals surface area contributed by atoms with Crippen LogP contribution >= 0.6 is 0 Å². The van der Waals surface area contributed by atoms with Gasteiger partial charge in [0.25, 0.3) is 5.79 Å². The molecule has 1 aromatic carbocycles. The van der Waals surface area contributed by atoms with E-state index in [0.29, 0.717) is 36.8 Å². The van der Waals surface area contributed by atoms with Crippen molar-refractivity contribution in [2.75, 3.05) is 20.3 Å².